The highest BCUT2D eigenvalue weighted by Crippen LogP contribution is 2.53. The zero-order valence-electron chi connectivity index (χ0n) is 11.9. The molecule has 0 aromatic heterocycles. The fraction of sp³-hybridized carbons (Fsp3) is 0.533. The molecule has 1 spiro atoms. The molecule has 1 saturated heterocycles. The van der Waals surface area contributed by atoms with Gasteiger partial charge in [0.15, 0.2) is 9.84 Å². The van der Waals surface area contributed by atoms with Crippen molar-refractivity contribution in [2.45, 2.75) is 30.6 Å². The van der Waals surface area contributed by atoms with Gasteiger partial charge in [-0.1, -0.05) is 0 Å². The maximum absolute atomic E-state index is 12.5. The number of carbonyl (C=O) groups excluding carboxylic acids is 1. The van der Waals surface area contributed by atoms with Crippen molar-refractivity contribution in [3.8, 4) is 0 Å². The van der Waals surface area contributed by atoms with Crippen LogP contribution < -0.4 is 0 Å². The number of halogens is 1. The van der Waals surface area contributed by atoms with E-state index in [0.29, 0.717) is 15.5 Å². The van der Waals surface area contributed by atoms with E-state index in [1.54, 1.807) is 12.1 Å². The van der Waals surface area contributed by atoms with Crippen molar-refractivity contribution in [1.82, 2.24) is 4.90 Å². The zero-order valence-corrected chi connectivity index (χ0v) is 14.3. The summed E-state index contributed by atoms with van der Waals surface area (Å²) in [6, 6.07) is 4.71. The molecule has 114 valence electrons. The summed E-state index contributed by atoms with van der Waals surface area (Å²) < 4.78 is 23.6. The largest absolute Gasteiger partial charge is 0.339 e. The van der Waals surface area contributed by atoms with Gasteiger partial charge in [0.2, 0.25) is 0 Å². The second kappa shape index (κ2) is 5.09. The normalized spacial score (nSPS) is 20.6. The standard InChI is InChI=1S/C15H18BrNO3S/c1-21(19,20)13-3-2-11(10-12(13)16)14(18)17-8-6-15(4-5-15)7-9-17/h2-3,10H,4-9H2,1H3. The maximum atomic E-state index is 12.5. The van der Waals surface area contributed by atoms with E-state index in [2.05, 4.69) is 15.9 Å². The minimum Gasteiger partial charge on any atom is -0.339 e. The first-order chi connectivity index (χ1) is 9.81. The quantitative estimate of drug-likeness (QED) is 0.802. The van der Waals surface area contributed by atoms with Gasteiger partial charge in [-0.15, -0.1) is 0 Å². The number of rotatable bonds is 2. The third-order valence-electron chi connectivity index (χ3n) is 4.65. The third-order valence-corrected chi connectivity index (χ3v) is 6.72. The van der Waals surface area contributed by atoms with E-state index in [1.807, 2.05) is 4.90 Å². The molecule has 2 aliphatic rings. The van der Waals surface area contributed by atoms with Gasteiger partial charge in [0, 0.05) is 29.4 Å². The molecule has 6 heteroatoms. The summed E-state index contributed by atoms with van der Waals surface area (Å²) in [5.41, 5.74) is 1.08. The summed E-state index contributed by atoms with van der Waals surface area (Å²) >= 11 is 3.25. The van der Waals surface area contributed by atoms with E-state index in [0.717, 1.165) is 32.2 Å². The minimum absolute atomic E-state index is 0.00810. The Balaban J connectivity index is 1.77. The van der Waals surface area contributed by atoms with Gasteiger partial charge in [0.25, 0.3) is 5.91 Å². The lowest BCUT2D eigenvalue weighted by atomic mass is 9.93. The summed E-state index contributed by atoms with van der Waals surface area (Å²) in [7, 11) is -3.28. The van der Waals surface area contributed by atoms with Crippen molar-refractivity contribution in [3.63, 3.8) is 0 Å². The van der Waals surface area contributed by atoms with Crippen molar-refractivity contribution in [1.29, 1.82) is 0 Å². The molecule has 0 unspecified atom stereocenters. The molecule has 1 amide bonds. The molecule has 4 nitrogen and oxygen atoms in total. The molecule has 1 aliphatic heterocycles. The van der Waals surface area contributed by atoms with Crippen LogP contribution in [-0.2, 0) is 9.84 Å². The molecule has 1 aromatic carbocycles. The Bertz CT molecular complexity index is 685. The van der Waals surface area contributed by atoms with Crippen molar-refractivity contribution in [2.24, 2.45) is 5.41 Å². The minimum atomic E-state index is -3.28. The number of hydrogen-bond donors (Lipinski definition) is 0. The highest BCUT2D eigenvalue weighted by atomic mass is 79.9. The fourth-order valence-electron chi connectivity index (χ4n) is 2.98. The van der Waals surface area contributed by atoms with Crippen LogP contribution in [0.15, 0.2) is 27.6 Å². The molecule has 1 saturated carbocycles. The highest BCUT2D eigenvalue weighted by molar-refractivity contribution is 9.10. The SMILES string of the molecule is CS(=O)(=O)c1ccc(C(=O)N2CCC3(CC2)CC3)cc1Br. The van der Waals surface area contributed by atoms with Gasteiger partial charge in [-0.3, -0.25) is 4.79 Å². The average Bonchev–Trinajstić information content (AvgIpc) is 3.17. The Kier molecular flexibility index (Phi) is 3.64. The topological polar surface area (TPSA) is 54.5 Å². The first-order valence-corrected chi connectivity index (χ1v) is 9.78. The molecule has 0 atom stereocenters. The van der Waals surface area contributed by atoms with Crippen LogP contribution in [0.3, 0.4) is 0 Å². The summed E-state index contributed by atoms with van der Waals surface area (Å²) in [4.78, 5) is 14.6. The number of benzene rings is 1. The Morgan fingerprint density at radius 3 is 2.29 bits per heavy atom. The Labute approximate surface area is 133 Å². The maximum Gasteiger partial charge on any atom is 0.253 e. The molecule has 2 fully saturated rings. The van der Waals surface area contributed by atoms with Gasteiger partial charge >= 0.3 is 0 Å². The third kappa shape index (κ3) is 3.01. The van der Waals surface area contributed by atoms with Crippen molar-refractivity contribution in [3.05, 3.63) is 28.2 Å². The first-order valence-electron chi connectivity index (χ1n) is 7.10. The van der Waals surface area contributed by atoms with Crippen LogP contribution in [0.25, 0.3) is 0 Å². The Morgan fingerprint density at radius 1 is 1.19 bits per heavy atom. The monoisotopic (exact) mass is 371 g/mol. The molecule has 1 aromatic rings. The first kappa shape index (κ1) is 15.0. The van der Waals surface area contributed by atoms with E-state index in [-0.39, 0.29) is 10.8 Å². The second-order valence-corrected chi connectivity index (χ2v) is 9.05. The van der Waals surface area contributed by atoms with Crippen LogP contribution in [0.2, 0.25) is 0 Å². The lowest BCUT2D eigenvalue weighted by Crippen LogP contribution is -2.39. The highest BCUT2D eigenvalue weighted by Gasteiger charge is 2.45. The zero-order chi connectivity index (χ0) is 15.3. The lowest BCUT2D eigenvalue weighted by molar-refractivity contribution is 0.0678. The predicted molar refractivity (Wildman–Crippen MR) is 84.1 cm³/mol. The van der Waals surface area contributed by atoms with Crippen molar-refractivity contribution >= 4 is 31.7 Å². The van der Waals surface area contributed by atoms with Crippen LogP contribution in [0.4, 0.5) is 0 Å². The lowest BCUT2D eigenvalue weighted by Gasteiger charge is -2.32. The second-order valence-electron chi connectivity index (χ2n) is 6.21. The van der Waals surface area contributed by atoms with Gasteiger partial charge in [-0.25, -0.2) is 8.42 Å². The molecule has 3 rings (SSSR count). The van der Waals surface area contributed by atoms with Crippen molar-refractivity contribution in [2.75, 3.05) is 19.3 Å². The summed E-state index contributed by atoms with van der Waals surface area (Å²) in [5, 5.41) is 0. The number of hydrogen-bond acceptors (Lipinski definition) is 3. The molecule has 0 radical (unpaired) electrons. The number of amides is 1. The van der Waals surface area contributed by atoms with Gasteiger partial charge < -0.3 is 4.90 Å². The van der Waals surface area contributed by atoms with Gasteiger partial charge in [-0.05, 0) is 65.2 Å². The summed E-state index contributed by atoms with van der Waals surface area (Å²) in [6.07, 6.45) is 5.98. The molecule has 21 heavy (non-hydrogen) atoms. The van der Waals surface area contributed by atoms with E-state index in [4.69, 9.17) is 0 Å². The van der Waals surface area contributed by atoms with Crippen LogP contribution in [-0.4, -0.2) is 38.6 Å². The van der Waals surface area contributed by atoms with Gasteiger partial charge in [0.1, 0.15) is 0 Å². The fourth-order valence-corrected chi connectivity index (χ4v) is 4.97. The molecular formula is C15H18BrNO3S. The molecule has 0 bridgehead atoms. The molecule has 0 N–H and O–H groups in total. The average molecular weight is 372 g/mol. The number of carbonyl (C=O) groups is 1. The van der Waals surface area contributed by atoms with Crippen LogP contribution >= 0.6 is 15.9 Å². The summed E-state index contributed by atoms with van der Waals surface area (Å²) in [6.45, 7) is 1.62. The van der Waals surface area contributed by atoms with Crippen LogP contribution in [0.1, 0.15) is 36.0 Å². The smallest absolute Gasteiger partial charge is 0.253 e. The van der Waals surface area contributed by atoms with E-state index >= 15 is 0 Å². The number of piperidine rings is 1. The molecular weight excluding hydrogens is 354 g/mol. The Hall–Kier alpha value is -0.880. The van der Waals surface area contributed by atoms with Crippen LogP contribution in [0.5, 0.6) is 0 Å². The van der Waals surface area contributed by atoms with E-state index in [9.17, 15) is 13.2 Å². The number of nitrogens with zero attached hydrogens (tertiary/aromatic N) is 1. The number of sulfone groups is 1. The predicted octanol–water partition coefficient (Wildman–Crippen LogP) is 2.87. The van der Waals surface area contributed by atoms with E-state index < -0.39 is 9.84 Å². The Morgan fingerprint density at radius 2 is 1.81 bits per heavy atom. The molecule has 1 heterocycles. The molecule has 1 aliphatic carbocycles. The number of likely N-dealkylation sites (tertiary alicyclic amines) is 1. The van der Waals surface area contributed by atoms with Gasteiger partial charge in [0.05, 0.1) is 4.90 Å². The van der Waals surface area contributed by atoms with E-state index in [1.165, 1.54) is 18.9 Å². The van der Waals surface area contributed by atoms with Gasteiger partial charge in [-0.2, -0.15) is 0 Å². The summed E-state index contributed by atoms with van der Waals surface area (Å²) in [5.74, 6) is -0.00810. The van der Waals surface area contributed by atoms with Crippen LogP contribution in [0, 0.1) is 5.41 Å². The van der Waals surface area contributed by atoms with Crippen molar-refractivity contribution < 1.29 is 13.2 Å².